The molecule has 0 bridgehead atoms. The van der Waals surface area contributed by atoms with E-state index in [0.717, 1.165) is 27.6 Å². The van der Waals surface area contributed by atoms with Gasteiger partial charge in [-0.05, 0) is 32.8 Å². The molecular formula is C23H27N5O6S3. The fraction of sp³-hybridized carbons (Fsp3) is 0.478. The fourth-order valence-electron chi connectivity index (χ4n) is 4.84. The zero-order valence-corrected chi connectivity index (χ0v) is 22.7. The largest absolute Gasteiger partial charge is 0.393 e. The summed E-state index contributed by atoms with van der Waals surface area (Å²) >= 11 is 3.08. The van der Waals surface area contributed by atoms with Gasteiger partial charge in [0, 0.05) is 39.9 Å². The Labute approximate surface area is 222 Å². The molecule has 2 aliphatic rings. The molecule has 0 aromatic carbocycles. The number of ketones is 1. The summed E-state index contributed by atoms with van der Waals surface area (Å²) in [4.78, 5) is 29.3. The van der Waals surface area contributed by atoms with Crippen molar-refractivity contribution in [3.05, 3.63) is 55.1 Å². The smallest absolute Gasteiger partial charge is 0.333 e. The van der Waals surface area contributed by atoms with Crippen LogP contribution >= 0.6 is 22.7 Å². The molecule has 1 saturated carbocycles. The monoisotopic (exact) mass is 565 g/mol. The number of carbonyl (C=O) groups excluding carboxylic acids is 1. The SMILES string of the molecule is Cc1nc2c(s1)CCOC2c1cc(C(=O)c2cncnc2N[C@@H]2C[C@H](COS(N)(=O)=O)[C@@H](O)C2)sc1C. The fourth-order valence-corrected chi connectivity index (χ4v) is 7.15. The van der Waals surface area contributed by atoms with Crippen molar-refractivity contribution in [2.45, 2.75) is 51.4 Å². The summed E-state index contributed by atoms with van der Waals surface area (Å²) in [5.74, 6) is -0.293. The molecule has 4 atom stereocenters. The highest BCUT2D eigenvalue weighted by Crippen LogP contribution is 2.40. The lowest BCUT2D eigenvalue weighted by atomic mass is 10.0. The van der Waals surface area contributed by atoms with E-state index >= 15 is 0 Å². The van der Waals surface area contributed by atoms with E-state index in [-0.39, 0.29) is 24.5 Å². The molecule has 0 amide bonds. The zero-order valence-electron chi connectivity index (χ0n) is 20.2. The molecule has 4 N–H and O–H groups in total. The number of fused-ring (bicyclic) bond motifs is 1. The number of nitrogens with zero attached hydrogens (tertiary/aromatic N) is 3. The van der Waals surface area contributed by atoms with Crippen LogP contribution in [0.25, 0.3) is 0 Å². The summed E-state index contributed by atoms with van der Waals surface area (Å²) in [6.07, 6.45) is 3.34. The highest BCUT2D eigenvalue weighted by Gasteiger charge is 2.35. The van der Waals surface area contributed by atoms with Gasteiger partial charge in [-0.15, -0.1) is 22.7 Å². The van der Waals surface area contributed by atoms with Gasteiger partial charge in [0.1, 0.15) is 18.2 Å². The van der Waals surface area contributed by atoms with Gasteiger partial charge in [-0.2, -0.15) is 8.42 Å². The van der Waals surface area contributed by atoms with Crippen LogP contribution in [0.3, 0.4) is 0 Å². The number of aromatic nitrogens is 3. The summed E-state index contributed by atoms with van der Waals surface area (Å²) in [5.41, 5.74) is 2.17. The second kappa shape index (κ2) is 10.4. The predicted octanol–water partition coefficient (Wildman–Crippen LogP) is 2.28. The Bertz CT molecular complexity index is 1420. The van der Waals surface area contributed by atoms with Crippen molar-refractivity contribution >= 4 is 44.6 Å². The predicted molar refractivity (Wildman–Crippen MR) is 138 cm³/mol. The first kappa shape index (κ1) is 26.3. The second-order valence-electron chi connectivity index (χ2n) is 9.20. The van der Waals surface area contributed by atoms with Gasteiger partial charge in [-0.3, -0.25) is 8.98 Å². The van der Waals surface area contributed by atoms with Crippen LogP contribution in [-0.2, 0) is 25.6 Å². The van der Waals surface area contributed by atoms with E-state index in [1.54, 1.807) is 11.3 Å². The molecular weight excluding hydrogens is 538 g/mol. The van der Waals surface area contributed by atoms with E-state index in [0.29, 0.717) is 35.7 Å². The minimum Gasteiger partial charge on any atom is -0.393 e. The van der Waals surface area contributed by atoms with Crippen molar-refractivity contribution in [3.63, 3.8) is 0 Å². The number of aliphatic hydroxyl groups excluding tert-OH is 1. The highest BCUT2D eigenvalue weighted by atomic mass is 32.2. The van der Waals surface area contributed by atoms with E-state index in [1.165, 1.54) is 28.7 Å². The number of rotatable bonds is 8. The molecule has 3 aromatic rings. The number of thiazole rings is 1. The van der Waals surface area contributed by atoms with Crippen LogP contribution in [0.2, 0.25) is 0 Å². The standard InChI is InChI=1S/C23H27N5O6S3/c1-11-15(22-20-18(3-4-33-22)36-12(2)27-20)7-19(35-11)21(30)16-8-25-10-26-23(16)28-14-5-13(17(29)6-14)9-34-37(24,31)32/h7-8,10,13-14,17,22,29H,3-6,9H2,1-2H3,(H2,24,31,32)(H,25,26,28)/t13-,14-,17+,22?/m1/s1. The summed E-state index contributed by atoms with van der Waals surface area (Å²) in [5, 5.41) is 19.5. The number of anilines is 1. The van der Waals surface area contributed by atoms with Crippen LogP contribution in [0, 0.1) is 19.8 Å². The molecule has 198 valence electrons. The molecule has 11 nitrogen and oxygen atoms in total. The Hall–Kier alpha value is -2.33. The topological polar surface area (TPSA) is 167 Å². The van der Waals surface area contributed by atoms with E-state index in [4.69, 9.17) is 9.88 Å². The first-order chi connectivity index (χ1) is 17.6. The van der Waals surface area contributed by atoms with Gasteiger partial charge in [0.05, 0.1) is 40.5 Å². The highest BCUT2D eigenvalue weighted by molar-refractivity contribution is 7.84. The molecule has 0 spiro atoms. The van der Waals surface area contributed by atoms with Crippen molar-refractivity contribution < 1.29 is 27.2 Å². The van der Waals surface area contributed by atoms with Crippen LogP contribution in [0.15, 0.2) is 18.6 Å². The summed E-state index contributed by atoms with van der Waals surface area (Å²) in [6, 6.07) is 1.63. The van der Waals surface area contributed by atoms with Gasteiger partial charge < -0.3 is 15.2 Å². The van der Waals surface area contributed by atoms with Gasteiger partial charge >= 0.3 is 10.3 Å². The minimum atomic E-state index is -4.09. The maximum Gasteiger partial charge on any atom is 0.333 e. The average Bonchev–Trinajstić information content (AvgIpc) is 3.52. The number of carbonyl (C=O) groups is 1. The van der Waals surface area contributed by atoms with Crippen molar-refractivity contribution in [3.8, 4) is 0 Å². The Morgan fingerprint density at radius 3 is 2.92 bits per heavy atom. The quantitative estimate of drug-likeness (QED) is 0.345. The molecule has 0 saturated heterocycles. The molecule has 37 heavy (non-hydrogen) atoms. The van der Waals surface area contributed by atoms with Crippen molar-refractivity contribution in [1.29, 1.82) is 0 Å². The molecule has 14 heteroatoms. The van der Waals surface area contributed by atoms with Gasteiger partial charge in [0.25, 0.3) is 0 Å². The Balaban J connectivity index is 1.34. The number of ether oxygens (including phenoxy) is 1. The van der Waals surface area contributed by atoms with E-state index in [9.17, 15) is 18.3 Å². The third kappa shape index (κ3) is 5.74. The average molecular weight is 566 g/mol. The Morgan fingerprint density at radius 1 is 1.32 bits per heavy atom. The first-order valence-electron chi connectivity index (χ1n) is 11.7. The van der Waals surface area contributed by atoms with Crippen LogP contribution in [0.4, 0.5) is 5.82 Å². The third-order valence-electron chi connectivity index (χ3n) is 6.56. The van der Waals surface area contributed by atoms with Crippen LogP contribution < -0.4 is 10.5 Å². The molecule has 1 aliphatic heterocycles. The molecule has 0 radical (unpaired) electrons. The summed E-state index contributed by atoms with van der Waals surface area (Å²) in [6.45, 7) is 4.35. The summed E-state index contributed by atoms with van der Waals surface area (Å²) < 4.78 is 32.9. The van der Waals surface area contributed by atoms with Gasteiger partial charge in [0.15, 0.2) is 0 Å². The van der Waals surface area contributed by atoms with E-state index in [2.05, 4.69) is 24.5 Å². The third-order valence-corrected chi connectivity index (χ3v) is 9.14. The second-order valence-corrected chi connectivity index (χ2v) is 13.0. The van der Waals surface area contributed by atoms with Gasteiger partial charge in [0.2, 0.25) is 5.78 Å². The number of nitrogens with one attached hydrogen (secondary N) is 1. The number of thiophene rings is 1. The van der Waals surface area contributed by atoms with Crippen LogP contribution in [-0.4, -0.2) is 59.6 Å². The van der Waals surface area contributed by atoms with Gasteiger partial charge in [-0.1, -0.05) is 0 Å². The number of hydrogen-bond acceptors (Lipinski definition) is 12. The zero-order chi connectivity index (χ0) is 26.3. The lowest BCUT2D eigenvalue weighted by Gasteiger charge is -2.22. The molecule has 3 aromatic heterocycles. The number of aliphatic hydroxyl groups is 1. The first-order valence-corrected chi connectivity index (χ1v) is 14.8. The lowest BCUT2D eigenvalue weighted by Crippen LogP contribution is -2.24. The Morgan fingerprint density at radius 2 is 2.14 bits per heavy atom. The van der Waals surface area contributed by atoms with Gasteiger partial charge in [-0.25, -0.2) is 20.1 Å². The molecule has 1 aliphatic carbocycles. The number of aryl methyl sites for hydroxylation is 2. The molecule has 1 unspecified atom stereocenters. The van der Waals surface area contributed by atoms with E-state index < -0.39 is 22.3 Å². The number of nitrogens with two attached hydrogens (primary N) is 1. The Kier molecular flexibility index (Phi) is 7.42. The van der Waals surface area contributed by atoms with Crippen LogP contribution in [0.5, 0.6) is 0 Å². The maximum absolute atomic E-state index is 13.6. The molecule has 1 fully saturated rings. The molecule has 5 rings (SSSR count). The van der Waals surface area contributed by atoms with Crippen molar-refractivity contribution in [1.82, 2.24) is 15.0 Å². The summed E-state index contributed by atoms with van der Waals surface area (Å²) in [7, 11) is -4.09. The van der Waals surface area contributed by atoms with Crippen molar-refractivity contribution in [2.75, 3.05) is 18.5 Å². The van der Waals surface area contributed by atoms with E-state index in [1.807, 2.05) is 19.9 Å². The normalized spacial score (nSPS) is 23.7. The molecule has 4 heterocycles. The number of hydrogen-bond donors (Lipinski definition) is 3. The minimum absolute atomic E-state index is 0.214. The lowest BCUT2D eigenvalue weighted by molar-refractivity contribution is 0.0679. The van der Waals surface area contributed by atoms with Crippen molar-refractivity contribution in [2.24, 2.45) is 11.1 Å². The maximum atomic E-state index is 13.6. The van der Waals surface area contributed by atoms with Crippen LogP contribution in [0.1, 0.15) is 60.2 Å².